The van der Waals surface area contributed by atoms with Crippen LogP contribution in [0, 0.1) is 0 Å². The minimum atomic E-state index is -3.93. The van der Waals surface area contributed by atoms with E-state index in [1.165, 1.54) is 0 Å². The van der Waals surface area contributed by atoms with Crippen molar-refractivity contribution in [3.05, 3.63) is 22.4 Å². The highest BCUT2D eigenvalue weighted by Crippen LogP contribution is 2.41. The molecule has 4 nitrogen and oxygen atoms in total. The largest absolute Gasteiger partial charge is 0.334 e. The molecular formula is C5H9NO3PS+. The second-order valence-electron chi connectivity index (χ2n) is 2.16. The Bertz CT molecular complexity index is 292. The van der Waals surface area contributed by atoms with E-state index in [4.69, 9.17) is 14.9 Å². The zero-order valence-electron chi connectivity index (χ0n) is 5.67. The summed E-state index contributed by atoms with van der Waals surface area (Å²) in [5, 5.41) is 7.24. The SMILES string of the molecule is N[s+]1cccc1CP(=O)(O)O. The first-order valence-corrected chi connectivity index (χ1v) is 6.03. The summed E-state index contributed by atoms with van der Waals surface area (Å²) in [6.07, 6.45) is -0.223. The highest BCUT2D eigenvalue weighted by molar-refractivity contribution is 7.51. The molecule has 1 atom stereocenters. The lowest BCUT2D eigenvalue weighted by molar-refractivity contribution is 0.372. The summed E-state index contributed by atoms with van der Waals surface area (Å²) in [5.74, 6) is 0. The average molecular weight is 194 g/mol. The van der Waals surface area contributed by atoms with Crippen molar-refractivity contribution in [2.75, 3.05) is 5.14 Å². The predicted molar refractivity (Wildman–Crippen MR) is 44.8 cm³/mol. The summed E-state index contributed by atoms with van der Waals surface area (Å²) in [7, 11) is -4.50. The van der Waals surface area contributed by atoms with Crippen molar-refractivity contribution in [3.63, 3.8) is 0 Å². The average Bonchev–Trinajstić information content (AvgIpc) is 2.12. The van der Waals surface area contributed by atoms with Crippen LogP contribution in [0.4, 0.5) is 0 Å². The van der Waals surface area contributed by atoms with Crippen LogP contribution in [0.3, 0.4) is 0 Å². The third kappa shape index (κ3) is 2.73. The molecule has 0 amide bonds. The molecule has 0 saturated heterocycles. The molecule has 1 heterocycles. The molecule has 6 heteroatoms. The van der Waals surface area contributed by atoms with E-state index in [2.05, 4.69) is 0 Å². The Balaban J connectivity index is 2.80. The molecule has 1 aromatic rings. The molecule has 62 valence electrons. The van der Waals surface area contributed by atoms with Gasteiger partial charge >= 0.3 is 7.60 Å². The Morgan fingerprint density at radius 2 is 2.27 bits per heavy atom. The predicted octanol–water partition coefficient (Wildman–Crippen LogP) is 0.827. The van der Waals surface area contributed by atoms with Crippen molar-refractivity contribution in [1.29, 1.82) is 0 Å². The number of nitrogens with two attached hydrogens (primary N) is 1. The van der Waals surface area contributed by atoms with Crippen LogP contribution < -0.4 is 5.14 Å². The Morgan fingerprint density at radius 3 is 2.64 bits per heavy atom. The van der Waals surface area contributed by atoms with Crippen molar-refractivity contribution in [1.82, 2.24) is 0 Å². The Kier molecular flexibility index (Phi) is 2.47. The second-order valence-corrected chi connectivity index (χ2v) is 5.34. The fourth-order valence-electron chi connectivity index (χ4n) is 0.727. The first-order valence-electron chi connectivity index (χ1n) is 2.88. The van der Waals surface area contributed by atoms with Gasteiger partial charge in [-0.25, -0.2) is 0 Å². The van der Waals surface area contributed by atoms with E-state index in [9.17, 15) is 4.57 Å². The van der Waals surface area contributed by atoms with E-state index in [1.54, 1.807) is 17.5 Å². The van der Waals surface area contributed by atoms with E-state index < -0.39 is 18.3 Å². The minimum absolute atomic E-state index is 0.223. The van der Waals surface area contributed by atoms with Crippen molar-refractivity contribution in [2.24, 2.45) is 0 Å². The molecule has 0 aliphatic carbocycles. The van der Waals surface area contributed by atoms with E-state index in [0.29, 0.717) is 4.88 Å². The van der Waals surface area contributed by atoms with Gasteiger partial charge in [0.25, 0.3) is 0 Å². The first kappa shape index (κ1) is 8.90. The molecule has 0 spiro atoms. The van der Waals surface area contributed by atoms with Gasteiger partial charge in [-0.1, -0.05) is 0 Å². The van der Waals surface area contributed by atoms with E-state index in [0.717, 1.165) is 0 Å². The molecule has 0 aliphatic rings. The standard InChI is InChI=1S/C5H8NO3PS/c6-11-3-1-2-5(11)4-10(7,8)9/h1-3H,4,6H2,(H-,7,8,9)/p+1. The van der Waals surface area contributed by atoms with E-state index in [-0.39, 0.29) is 6.16 Å². The summed E-state index contributed by atoms with van der Waals surface area (Å²) < 4.78 is 10.5. The van der Waals surface area contributed by atoms with Crippen LogP contribution >= 0.6 is 18.3 Å². The van der Waals surface area contributed by atoms with Crippen molar-refractivity contribution in [3.8, 4) is 0 Å². The van der Waals surface area contributed by atoms with E-state index in [1.807, 2.05) is 0 Å². The molecule has 0 aromatic carbocycles. The number of thiophene rings is 1. The molecular weight excluding hydrogens is 185 g/mol. The van der Waals surface area contributed by atoms with Crippen LogP contribution in [-0.2, 0) is 10.7 Å². The molecule has 11 heavy (non-hydrogen) atoms. The van der Waals surface area contributed by atoms with Crippen LogP contribution in [0.2, 0.25) is 0 Å². The summed E-state index contributed by atoms with van der Waals surface area (Å²) >= 11 is 0. The van der Waals surface area contributed by atoms with Gasteiger partial charge in [-0.15, -0.1) is 5.14 Å². The molecule has 0 aliphatic heterocycles. The number of nitrogen functional groups attached to an aromatic ring is 1. The van der Waals surface area contributed by atoms with Gasteiger partial charge in [-0.2, -0.15) is 0 Å². The molecule has 0 saturated carbocycles. The lowest BCUT2D eigenvalue weighted by Crippen LogP contribution is -1.88. The van der Waals surface area contributed by atoms with Crippen LogP contribution in [-0.4, -0.2) is 9.79 Å². The maximum absolute atomic E-state index is 10.5. The maximum atomic E-state index is 10.5. The zero-order valence-corrected chi connectivity index (χ0v) is 7.39. The highest BCUT2D eigenvalue weighted by atomic mass is 32.2. The monoisotopic (exact) mass is 194 g/mol. The normalized spacial score (nSPS) is 13.5. The Morgan fingerprint density at radius 1 is 1.64 bits per heavy atom. The van der Waals surface area contributed by atoms with Gasteiger partial charge in [0.15, 0.2) is 10.3 Å². The van der Waals surface area contributed by atoms with Crippen LogP contribution in [0.15, 0.2) is 17.5 Å². The third-order valence-electron chi connectivity index (χ3n) is 1.17. The molecule has 0 fully saturated rings. The van der Waals surface area contributed by atoms with Gasteiger partial charge in [-0.3, -0.25) is 4.57 Å². The highest BCUT2D eigenvalue weighted by Gasteiger charge is 2.21. The first-order chi connectivity index (χ1) is 4.99. The summed E-state index contributed by atoms with van der Waals surface area (Å²) in [6.45, 7) is 0. The Labute approximate surface area is 66.9 Å². The summed E-state index contributed by atoms with van der Waals surface area (Å²) in [4.78, 5) is 17.8. The fraction of sp³-hybridized carbons (Fsp3) is 0.200. The van der Waals surface area contributed by atoms with Gasteiger partial charge in [0.1, 0.15) is 6.16 Å². The van der Waals surface area contributed by atoms with Gasteiger partial charge < -0.3 is 9.79 Å². The summed E-state index contributed by atoms with van der Waals surface area (Å²) in [6, 6.07) is 3.37. The molecule has 4 N–H and O–H groups in total. The van der Waals surface area contributed by atoms with Gasteiger partial charge in [0.05, 0.1) is 10.7 Å². The number of hydrogen-bond donors (Lipinski definition) is 3. The summed E-state index contributed by atoms with van der Waals surface area (Å²) in [5.41, 5.74) is 0. The van der Waals surface area contributed by atoms with Crippen LogP contribution in [0.1, 0.15) is 4.88 Å². The molecule has 1 unspecified atom stereocenters. The van der Waals surface area contributed by atoms with Gasteiger partial charge in [-0.05, 0) is 6.07 Å². The molecule has 0 bridgehead atoms. The number of rotatable bonds is 2. The Hall–Kier alpha value is -0.190. The van der Waals surface area contributed by atoms with Crippen molar-refractivity contribution in [2.45, 2.75) is 6.16 Å². The van der Waals surface area contributed by atoms with Gasteiger partial charge in [0, 0.05) is 6.07 Å². The maximum Gasteiger partial charge on any atom is 0.334 e. The van der Waals surface area contributed by atoms with Crippen molar-refractivity contribution < 1.29 is 14.4 Å². The molecule has 1 rings (SSSR count). The fourth-order valence-corrected chi connectivity index (χ4v) is 3.00. The quantitative estimate of drug-likeness (QED) is 0.481. The molecule has 0 radical (unpaired) electrons. The van der Waals surface area contributed by atoms with Crippen LogP contribution in [0.5, 0.6) is 0 Å². The van der Waals surface area contributed by atoms with Crippen LogP contribution in [0.25, 0.3) is 0 Å². The smallest absolute Gasteiger partial charge is 0.324 e. The lowest BCUT2D eigenvalue weighted by atomic mass is 10.5. The van der Waals surface area contributed by atoms with Gasteiger partial charge in [0.2, 0.25) is 0 Å². The zero-order chi connectivity index (χ0) is 8.48. The third-order valence-corrected chi connectivity index (χ3v) is 3.47. The number of hydrogen-bond acceptors (Lipinski definition) is 2. The minimum Gasteiger partial charge on any atom is -0.324 e. The lowest BCUT2D eigenvalue weighted by Gasteiger charge is -1.96. The second kappa shape index (κ2) is 3.05. The topological polar surface area (TPSA) is 83.6 Å². The molecule has 1 aromatic heterocycles. The van der Waals surface area contributed by atoms with E-state index >= 15 is 0 Å². The van der Waals surface area contributed by atoms with Crippen molar-refractivity contribution >= 4 is 18.3 Å².